The normalized spacial score (nSPS) is 12.0. The number of halogens is 2. The second-order valence-corrected chi connectivity index (χ2v) is 6.61. The molecule has 0 radical (unpaired) electrons. The van der Waals surface area contributed by atoms with Crippen LogP contribution in [-0.4, -0.2) is 33.0 Å². The molecule has 0 aliphatic heterocycles. The molecule has 0 aliphatic rings. The number of hydrogen-bond acceptors (Lipinski definition) is 5. The molecule has 140 valence electrons. The number of aromatic nitrogens is 3. The first-order valence-electron chi connectivity index (χ1n) is 8.19. The monoisotopic (exact) mass is 406 g/mol. The van der Waals surface area contributed by atoms with Crippen molar-refractivity contribution in [3.05, 3.63) is 52.0 Å². The Kier molecular flexibility index (Phi) is 5.62. The van der Waals surface area contributed by atoms with Gasteiger partial charge in [-0.05, 0) is 50.2 Å². The lowest BCUT2D eigenvalue weighted by Crippen LogP contribution is -2.30. The molecular formula is C18H16Cl2N4O3. The van der Waals surface area contributed by atoms with E-state index in [9.17, 15) is 9.59 Å². The van der Waals surface area contributed by atoms with Crippen molar-refractivity contribution in [1.82, 2.24) is 15.0 Å². The number of nitrogens with zero attached hydrogens (tertiary/aromatic N) is 3. The number of rotatable bonds is 5. The fourth-order valence-electron chi connectivity index (χ4n) is 2.44. The van der Waals surface area contributed by atoms with Crippen LogP contribution in [0.4, 0.5) is 5.69 Å². The molecular weight excluding hydrogens is 391 g/mol. The van der Waals surface area contributed by atoms with Gasteiger partial charge in [0, 0.05) is 11.6 Å². The number of carbonyl (C=O) groups excluding carboxylic acids is 2. The number of fused-ring (bicyclic) bond motifs is 1. The van der Waals surface area contributed by atoms with E-state index in [0.29, 0.717) is 27.8 Å². The summed E-state index contributed by atoms with van der Waals surface area (Å²) in [7, 11) is 0. The van der Waals surface area contributed by atoms with Gasteiger partial charge in [-0.3, -0.25) is 4.79 Å². The fourth-order valence-corrected chi connectivity index (χ4v) is 2.78. The van der Waals surface area contributed by atoms with E-state index in [0.717, 1.165) is 5.52 Å². The highest BCUT2D eigenvalue weighted by Crippen LogP contribution is 2.25. The van der Waals surface area contributed by atoms with Gasteiger partial charge in [0.2, 0.25) is 0 Å². The van der Waals surface area contributed by atoms with Gasteiger partial charge >= 0.3 is 5.97 Å². The van der Waals surface area contributed by atoms with Crippen molar-refractivity contribution in [2.45, 2.75) is 26.5 Å². The Balaban J connectivity index is 1.69. The average molecular weight is 407 g/mol. The van der Waals surface area contributed by atoms with Crippen LogP contribution in [0.15, 0.2) is 36.4 Å². The maximum absolute atomic E-state index is 12.3. The molecule has 1 N–H and O–H groups in total. The Morgan fingerprint density at radius 2 is 2.00 bits per heavy atom. The molecule has 0 saturated carbocycles. The van der Waals surface area contributed by atoms with Gasteiger partial charge in [0.25, 0.3) is 5.91 Å². The van der Waals surface area contributed by atoms with Crippen LogP contribution in [0, 0.1) is 0 Å². The maximum atomic E-state index is 12.3. The quantitative estimate of drug-likeness (QED) is 0.648. The van der Waals surface area contributed by atoms with E-state index in [1.807, 2.05) is 6.92 Å². The van der Waals surface area contributed by atoms with Crippen molar-refractivity contribution in [3.63, 3.8) is 0 Å². The number of benzene rings is 2. The summed E-state index contributed by atoms with van der Waals surface area (Å²) in [6, 6.07) is 9.61. The SMILES string of the molecule is CCn1nnc2cc(C(=O)O[C@H](C)C(=O)Nc3cc(Cl)ccc3Cl)ccc21. The standard InChI is InChI=1S/C18H16Cl2N4O3/c1-3-24-16-7-4-11(8-15(16)22-23-24)18(26)27-10(2)17(25)21-14-9-12(19)5-6-13(14)20/h4-10H,3H2,1-2H3,(H,21,25)/t10-/m1/s1. The van der Waals surface area contributed by atoms with Gasteiger partial charge in [0.1, 0.15) is 5.52 Å². The van der Waals surface area contributed by atoms with Crippen molar-refractivity contribution < 1.29 is 14.3 Å². The largest absolute Gasteiger partial charge is 0.449 e. The Morgan fingerprint density at radius 3 is 2.74 bits per heavy atom. The summed E-state index contributed by atoms with van der Waals surface area (Å²) in [5.41, 5.74) is 2.02. The van der Waals surface area contributed by atoms with Crippen LogP contribution in [0.25, 0.3) is 11.0 Å². The summed E-state index contributed by atoms with van der Waals surface area (Å²) >= 11 is 11.9. The first-order valence-corrected chi connectivity index (χ1v) is 8.94. The molecule has 27 heavy (non-hydrogen) atoms. The molecule has 1 amide bonds. The van der Waals surface area contributed by atoms with E-state index in [4.69, 9.17) is 27.9 Å². The number of nitrogens with one attached hydrogen (secondary N) is 1. The van der Waals surface area contributed by atoms with Crippen LogP contribution in [-0.2, 0) is 16.1 Å². The first-order chi connectivity index (χ1) is 12.9. The second kappa shape index (κ2) is 7.94. The number of esters is 1. The lowest BCUT2D eigenvalue weighted by atomic mass is 10.2. The van der Waals surface area contributed by atoms with Crippen molar-refractivity contribution in [2.75, 3.05) is 5.32 Å². The van der Waals surface area contributed by atoms with Crippen LogP contribution in [0.1, 0.15) is 24.2 Å². The van der Waals surface area contributed by atoms with Gasteiger partial charge in [0.15, 0.2) is 6.10 Å². The summed E-state index contributed by atoms with van der Waals surface area (Å²) < 4.78 is 6.96. The molecule has 0 fully saturated rings. The lowest BCUT2D eigenvalue weighted by molar-refractivity contribution is -0.123. The van der Waals surface area contributed by atoms with E-state index >= 15 is 0 Å². The zero-order chi connectivity index (χ0) is 19.6. The minimum absolute atomic E-state index is 0.283. The van der Waals surface area contributed by atoms with E-state index in [-0.39, 0.29) is 5.56 Å². The molecule has 9 heteroatoms. The van der Waals surface area contributed by atoms with E-state index < -0.39 is 18.0 Å². The Morgan fingerprint density at radius 1 is 1.22 bits per heavy atom. The zero-order valence-electron chi connectivity index (χ0n) is 14.6. The fraction of sp³-hybridized carbons (Fsp3) is 0.222. The number of ether oxygens (including phenoxy) is 1. The molecule has 3 aromatic rings. The molecule has 1 aromatic heterocycles. The van der Waals surface area contributed by atoms with Gasteiger partial charge < -0.3 is 10.1 Å². The molecule has 0 aliphatic carbocycles. The van der Waals surface area contributed by atoms with Crippen molar-refractivity contribution in [2.24, 2.45) is 0 Å². The van der Waals surface area contributed by atoms with Crippen LogP contribution in [0.3, 0.4) is 0 Å². The molecule has 0 unspecified atom stereocenters. The Bertz CT molecular complexity index is 1020. The highest BCUT2D eigenvalue weighted by atomic mass is 35.5. The zero-order valence-corrected chi connectivity index (χ0v) is 16.1. The molecule has 3 rings (SSSR count). The molecule has 7 nitrogen and oxygen atoms in total. The third kappa shape index (κ3) is 4.20. The highest BCUT2D eigenvalue weighted by Gasteiger charge is 2.20. The number of anilines is 1. The van der Waals surface area contributed by atoms with Gasteiger partial charge in [0.05, 0.1) is 21.8 Å². The minimum Gasteiger partial charge on any atom is -0.449 e. The van der Waals surface area contributed by atoms with Gasteiger partial charge in [-0.1, -0.05) is 28.4 Å². The summed E-state index contributed by atoms with van der Waals surface area (Å²) in [5.74, 6) is -1.16. The van der Waals surface area contributed by atoms with E-state index in [1.54, 1.807) is 35.0 Å². The summed E-state index contributed by atoms with van der Waals surface area (Å²) in [4.78, 5) is 24.6. The number of amides is 1. The first kappa shape index (κ1) is 19.1. The predicted octanol–water partition coefficient (Wildman–Crippen LogP) is 3.94. The molecule has 0 bridgehead atoms. The third-order valence-corrected chi connectivity index (χ3v) is 4.45. The van der Waals surface area contributed by atoms with Crippen molar-refractivity contribution in [3.8, 4) is 0 Å². The molecule has 0 saturated heterocycles. The molecule has 2 aromatic carbocycles. The lowest BCUT2D eigenvalue weighted by Gasteiger charge is -2.14. The summed E-state index contributed by atoms with van der Waals surface area (Å²) in [6.07, 6.45) is -1.03. The number of carbonyl (C=O) groups is 2. The molecule has 0 spiro atoms. The van der Waals surface area contributed by atoms with Crippen LogP contribution >= 0.6 is 23.2 Å². The smallest absolute Gasteiger partial charge is 0.338 e. The van der Waals surface area contributed by atoms with Crippen LogP contribution in [0.5, 0.6) is 0 Å². The topological polar surface area (TPSA) is 86.1 Å². The van der Waals surface area contributed by atoms with Crippen LogP contribution in [0.2, 0.25) is 10.0 Å². The predicted molar refractivity (Wildman–Crippen MR) is 103 cm³/mol. The van der Waals surface area contributed by atoms with E-state index in [2.05, 4.69) is 15.6 Å². The summed E-state index contributed by atoms with van der Waals surface area (Å²) in [5, 5.41) is 11.4. The van der Waals surface area contributed by atoms with Crippen LogP contribution < -0.4 is 5.32 Å². The molecule has 1 heterocycles. The third-order valence-electron chi connectivity index (χ3n) is 3.89. The number of hydrogen-bond donors (Lipinski definition) is 1. The van der Waals surface area contributed by atoms with Gasteiger partial charge in [-0.2, -0.15) is 0 Å². The second-order valence-electron chi connectivity index (χ2n) is 5.77. The summed E-state index contributed by atoms with van der Waals surface area (Å²) in [6.45, 7) is 4.09. The minimum atomic E-state index is -1.03. The van der Waals surface area contributed by atoms with E-state index in [1.165, 1.54) is 13.0 Å². The highest BCUT2D eigenvalue weighted by molar-refractivity contribution is 6.35. The molecule has 1 atom stereocenters. The average Bonchev–Trinajstić information content (AvgIpc) is 3.06. The number of aryl methyl sites for hydroxylation is 1. The van der Waals surface area contributed by atoms with Crippen molar-refractivity contribution in [1.29, 1.82) is 0 Å². The van der Waals surface area contributed by atoms with Gasteiger partial charge in [-0.15, -0.1) is 5.10 Å². The van der Waals surface area contributed by atoms with Gasteiger partial charge in [-0.25, -0.2) is 9.48 Å². The Labute approximate surface area is 165 Å². The Hall–Kier alpha value is -2.64. The maximum Gasteiger partial charge on any atom is 0.338 e. The van der Waals surface area contributed by atoms with Crippen molar-refractivity contribution >= 4 is 51.8 Å².